The zero-order valence-corrected chi connectivity index (χ0v) is 12.3. The Morgan fingerprint density at radius 2 is 1.86 bits per heavy atom. The average molecular weight is 315 g/mol. The largest absolute Gasteiger partial charge is 0.481 e. The van der Waals surface area contributed by atoms with Crippen molar-refractivity contribution in [3.63, 3.8) is 0 Å². The van der Waals surface area contributed by atoms with Crippen molar-refractivity contribution in [2.24, 2.45) is 5.14 Å². The molecule has 0 fully saturated rings. The van der Waals surface area contributed by atoms with Crippen LogP contribution >= 0.6 is 0 Å². The Morgan fingerprint density at radius 3 is 2.33 bits per heavy atom. The standard InChI is InChI=1S/C12H17N3O5S/c1-15(8-2-3-11(16)17)12(18)14-9-4-6-10(7-5-9)21(13,19)20/h4-7H,2-3,8H2,1H3,(H,14,18)(H,16,17)(H2,13,19,20). The third-order valence-electron chi connectivity index (χ3n) is 2.66. The molecule has 0 heterocycles. The van der Waals surface area contributed by atoms with Crippen LogP contribution < -0.4 is 10.5 Å². The number of amides is 2. The number of carbonyl (C=O) groups is 2. The van der Waals surface area contributed by atoms with Crippen LogP contribution in [0.4, 0.5) is 10.5 Å². The molecule has 2 amide bonds. The van der Waals surface area contributed by atoms with Gasteiger partial charge in [0.05, 0.1) is 4.90 Å². The number of sulfonamides is 1. The number of nitrogens with two attached hydrogens (primary N) is 1. The van der Waals surface area contributed by atoms with Gasteiger partial charge in [0.25, 0.3) is 0 Å². The molecule has 0 aliphatic carbocycles. The van der Waals surface area contributed by atoms with Crippen molar-refractivity contribution >= 4 is 27.7 Å². The van der Waals surface area contributed by atoms with Crippen LogP contribution in [0.15, 0.2) is 29.2 Å². The number of aliphatic carboxylic acids is 1. The second kappa shape index (κ2) is 7.04. The van der Waals surface area contributed by atoms with Gasteiger partial charge in [0.1, 0.15) is 0 Å². The van der Waals surface area contributed by atoms with Crippen molar-refractivity contribution < 1.29 is 23.1 Å². The molecule has 0 bridgehead atoms. The number of urea groups is 1. The number of rotatable bonds is 6. The van der Waals surface area contributed by atoms with E-state index in [0.29, 0.717) is 18.7 Å². The van der Waals surface area contributed by atoms with Gasteiger partial charge in [-0.2, -0.15) is 0 Å². The summed E-state index contributed by atoms with van der Waals surface area (Å²) in [5.74, 6) is -0.914. The summed E-state index contributed by atoms with van der Waals surface area (Å²) in [5, 5.41) is 16.0. The fourth-order valence-corrected chi connectivity index (χ4v) is 2.03. The minimum Gasteiger partial charge on any atom is -0.481 e. The lowest BCUT2D eigenvalue weighted by Gasteiger charge is -2.17. The van der Waals surface area contributed by atoms with Crippen LogP contribution in [0.3, 0.4) is 0 Å². The van der Waals surface area contributed by atoms with Crippen molar-refractivity contribution in [1.29, 1.82) is 0 Å². The van der Waals surface area contributed by atoms with E-state index in [-0.39, 0.29) is 11.3 Å². The lowest BCUT2D eigenvalue weighted by molar-refractivity contribution is -0.137. The summed E-state index contributed by atoms with van der Waals surface area (Å²) in [6.07, 6.45) is 0.338. The van der Waals surface area contributed by atoms with Gasteiger partial charge in [-0.3, -0.25) is 4.79 Å². The summed E-state index contributed by atoms with van der Waals surface area (Å²) in [5.41, 5.74) is 0.414. The second-order valence-electron chi connectivity index (χ2n) is 4.42. The third-order valence-corrected chi connectivity index (χ3v) is 3.59. The normalized spacial score (nSPS) is 11.0. The molecular weight excluding hydrogens is 298 g/mol. The van der Waals surface area contributed by atoms with Crippen LogP contribution in [0, 0.1) is 0 Å². The van der Waals surface area contributed by atoms with Gasteiger partial charge in [-0.1, -0.05) is 0 Å². The minimum absolute atomic E-state index is 0.0132. The number of nitrogens with zero attached hydrogens (tertiary/aromatic N) is 1. The van der Waals surface area contributed by atoms with E-state index in [4.69, 9.17) is 10.2 Å². The van der Waals surface area contributed by atoms with E-state index in [2.05, 4.69) is 5.32 Å². The summed E-state index contributed by atoms with van der Waals surface area (Å²) in [4.78, 5) is 23.5. The Morgan fingerprint density at radius 1 is 1.29 bits per heavy atom. The van der Waals surface area contributed by atoms with E-state index >= 15 is 0 Å². The fourth-order valence-electron chi connectivity index (χ4n) is 1.52. The number of nitrogens with one attached hydrogen (secondary N) is 1. The number of benzene rings is 1. The molecule has 0 unspecified atom stereocenters. The quantitative estimate of drug-likeness (QED) is 0.710. The van der Waals surface area contributed by atoms with Crippen molar-refractivity contribution in [2.75, 3.05) is 18.9 Å². The first-order valence-corrected chi connectivity index (χ1v) is 7.61. The fraction of sp³-hybridized carbons (Fsp3) is 0.333. The van der Waals surface area contributed by atoms with Crippen LogP contribution in [0.25, 0.3) is 0 Å². The first kappa shape index (κ1) is 16.9. The summed E-state index contributed by atoms with van der Waals surface area (Å²) in [7, 11) is -2.23. The summed E-state index contributed by atoms with van der Waals surface area (Å²) >= 11 is 0. The van der Waals surface area contributed by atoms with Gasteiger partial charge >= 0.3 is 12.0 Å². The first-order chi connectivity index (χ1) is 9.70. The molecule has 0 saturated carbocycles. The molecule has 4 N–H and O–H groups in total. The van der Waals surface area contributed by atoms with E-state index < -0.39 is 22.0 Å². The Labute approximate surface area is 122 Å². The maximum absolute atomic E-state index is 11.8. The molecule has 0 saturated heterocycles. The summed E-state index contributed by atoms with van der Waals surface area (Å²) < 4.78 is 22.2. The minimum atomic E-state index is -3.76. The van der Waals surface area contributed by atoms with Gasteiger partial charge in [-0.05, 0) is 30.7 Å². The van der Waals surface area contributed by atoms with Crippen LogP contribution in [0.1, 0.15) is 12.8 Å². The third kappa shape index (κ3) is 5.79. The molecule has 1 rings (SSSR count). The van der Waals surface area contributed by atoms with E-state index in [1.165, 1.54) is 36.2 Å². The van der Waals surface area contributed by atoms with Crippen LogP contribution in [-0.2, 0) is 14.8 Å². The molecule has 0 spiro atoms. The SMILES string of the molecule is CN(CCCC(=O)O)C(=O)Nc1ccc(S(N)(=O)=O)cc1. The first-order valence-electron chi connectivity index (χ1n) is 6.07. The number of primary sulfonamides is 1. The van der Waals surface area contributed by atoms with Crippen molar-refractivity contribution in [3.8, 4) is 0 Å². The van der Waals surface area contributed by atoms with Crippen molar-refractivity contribution in [3.05, 3.63) is 24.3 Å². The van der Waals surface area contributed by atoms with Gasteiger partial charge in [0, 0.05) is 25.7 Å². The van der Waals surface area contributed by atoms with Gasteiger partial charge in [0.15, 0.2) is 0 Å². The molecule has 9 heteroatoms. The molecule has 8 nitrogen and oxygen atoms in total. The average Bonchev–Trinajstić information content (AvgIpc) is 2.37. The maximum atomic E-state index is 11.8. The summed E-state index contributed by atoms with van der Waals surface area (Å²) in [6.45, 7) is 0.299. The Balaban J connectivity index is 2.56. The molecule has 1 aromatic rings. The number of carbonyl (C=O) groups excluding carboxylic acids is 1. The molecule has 116 valence electrons. The highest BCUT2D eigenvalue weighted by Crippen LogP contribution is 2.13. The number of anilines is 1. The lowest BCUT2D eigenvalue weighted by Crippen LogP contribution is -2.32. The molecule has 0 aromatic heterocycles. The van der Waals surface area contributed by atoms with Gasteiger partial charge in [-0.15, -0.1) is 0 Å². The number of carboxylic acid groups (broad SMARTS) is 1. The predicted molar refractivity (Wildman–Crippen MR) is 76.3 cm³/mol. The Bertz CT molecular complexity index is 612. The molecular formula is C12H17N3O5S. The Hall–Kier alpha value is -2.13. The van der Waals surface area contributed by atoms with Gasteiger partial charge in [0.2, 0.25) is 10.0 Å². The second-order valence-corrected chi connectivity index (χ2v) is 5.98. The lowest BCUT2D eigenvalue weighted by atomic mass is 10.3. The van der Waals surface area contributed by atoms with Crippen molar-refractivity contribution in [2.45, 2.75) is 17.7 Å². The molecule has 0 aliphatic heterocycles. The number of hydrogen-bond acceptors (Lipinski definition) is 4. The number of hydrogen-bond donors (Lipinski definition) is 3. The zero-order chi connectivity index (χ0) is 16.0. The highest BCUT2D eigenvalue weighted by molar-refractivity contribution is 7.89. The van der Waals surface area contributed by atoms with Crippen LogP contribution in [0.2, 0.25) is 0 Å². The molecule has 0 radical (unpaired) electrons. The maximum Gasteiger partial charge on any atom is 0.321 e. The van der Waals surface area contributed by atoms with E-state index in [9.17, 15) is 18.0 Å². The molecule has 1 aromatic carbocycles. The van der Waals surface area contributed by atoms with Gasteiger partial charge < -0.3 is 15.3 Å². The highest BCUT2D eigenvalue weighted by atomic mass is 32.2. The van der Waals surface area contributed by atoms with E-state index in [1.807, 2.05) is 0 Å². The van der Waals surface area contributed by atoms with Crippen LogP contribution in [0.5, 0.6) is 0 Å². The molecule has 0 atom stereocenters. The molecule has 21 heavy (non-hydrogen) atoms. The zero-order valence-electron chi connectivity index (χ0n) is 11.4. The highest BCUT2D eigenvalue weighted by Gasteiger charge is 2.11. The summed E-state index contributed by atoms with van der Waals surface area (Å²) in [6, 6.07) is 5.00. The smallest absolute Gasteiger partial charge is 0.321 e. The van der Waals surface area contributed by atoms with Gasteiger partial charge in [-0.25, -0.2) is 18.4 Å². The van der Waals surface area contributed by atoms with Crippen LogP contribution in [-0.4, -0.2) is 44.0 Å². The van der Waals surface area contributed by atoms with E-state index in [0.717, 1.165) is 0 Å². The van der Waals surface area contributed by atoms with Crippen molar-refractivity contribution in [1.82, 2.24) is 4.90 Å². The predicted octanol–water partition coefficient (Wildman–Crippen LogP) is 0.663. The monoisotopic (exact) mass is 315 g/mol. The van der Waals surface area contributed by atoms with E-state index in [1.54, 1.807) is 0 Å². The Kier molecular flexibility index (Phi) is 5.68. The molecule has 0 aliphatic rings. The topological polar surface area (TPSA) is 130 Å². The number of carboxylic acids is 1.